The average Bonchev–Trinajstić information content (AvgIpc) is 2.66. The van der Waals surface area contributed by atoms with Gasteiger partial charge in [0.05, 0.1) is 12.0 Å². The minimum atomic E-state index is -0.649. The normalized spacial score (nSPS) is 10.4. The Labute approximate surface area is 165 Å². The Morgan fingerprint density at radius 2 is 1.43 bits per heavy atom. The van der Waals surface area contributed by atoms with Gasteiger partial charge in [-0.05, 0) is 61.4 Å². The maximum atomic E-state index is 11.6. The van der Waals surface area contributed by atoms with E-state index in [0.717, 1.165) is 17.5 Å². The van der Waals surface area contributed by atoms with Crippen LogP contribution in [0.25, 0.3) is 0 Å². The molecule has 8 nitrogen and oxygen atoms in total. The van der Waals surface area contributed by atoms with Gasteiger partial charge in [-0.1, -0.05) is 11.6 Å². The van der Waals surface area contributed by atoms with Gasteiger partial charge in [0.1, 0.15) is 23.6 Å². The molecule has 0 saturated heterocycles. The summed E-state index contributed by atoms with van der Waals surface area (Å²) in [5.41, 5.74) is 1.08. The van der Waals surface area contributed by atoms with E-state index in [1.165, 1.54) is 7.11 Å². The fourth-order valence-corrected chi connectivity index (χ4v) is 2.59. The summed E-state index contributed by atoms with van der Waals surface area (Å²) in [5, 5.41) is 12.2. The zero-order chi connectivity index (χ0) is 20.3. The number of benzene rings is 2. The fourth-order valence-electron chi connectivity index (χ4n) is 2.49. The SMILES string of the molecule is COc1ccc(Oc2ncnc(Oc3cc(C)c(Cl)c(C)c3)c2[N+](=O)[O-])cc1. The molecule has 1 heterocycles. The molecule has 0 aliphatic rings. The second-order valence-corrected chi connectivity index (χ2v) is 6.22. The molecular weight excluding hydrogens is 386 g/mol. The van der Waals surface area contributed by atoms with E-state index < -0.39 is 10.6 Å². The minimum Gasteiger partial charge on any atom is -0.497 e. The highest BCUT2D eigenvalue weighted by Gasteiger charge is 2.27. The standard InChI is InChI=1S/C19H16ClN3O5/c1-11-8-15(9-12(2)16(11)20)28-19-17(23(24)25)18(21-10-22-19)27-14-6-4-13(26-3)5-7-14/h4-10H,1-3H3. The third-order valence-electron chi connectivity index (χ3n) is 3.84. The van der Waals surface area contributed by atoms with Crippen LogP contribution in [0.15, 0.2) is 42.7 Å². The van der Waals surface area contributed by atoms with Crippen molar-refractivity contribution in [3.8, 4) is 29.0 Å². The highest BCUT2D eigenvalue weighted by Crippen LogP contribution is 2.38. The Kier molecular flexibility index (Phi) is 5.60. The summed E-state index contributed by atoms with van der Waals surface area (Å²) in [5.74, 6) is 0.887. The highest BCUT2D eigenvalue weighted by atomic mass is 35.5. The van der Waals surface area contributed by atoms with Gasteiger partial charge < -0.3 is 14.2 Å². The highest BCUT2D eigenvalue weighted by molar-refractivity contribution is 6.32. The van der Waals surface area contributed by atoms with Gasteiger partial charge in [0.25, 0.3) is 0 Å². The molecule has 3 rings (SSSR count). The number of nitro groups is 1. The van der Waals surface area contributed by atoms with Gasteiger partial charge in [0.15, 0.2) is 0 Å². The van der Waals surface area contributed by atoms with E-state index in [2.05, 4.69) is 9.97 Å². The van der Waals surface area contributed by atoms with Crippen molar-refractivity contribution in [1.29, 1.82) is 0 Å². The van der Waals surface area contributed by atoms with Crippen molar-refractivity contribution < 1.29 is 19.1 Å². The van der Waals surface area contributed by atoms with Crippen LogP contribution in [0.4, 0.5) is 5.69 Å². The first-order valence-electron chi connectivity index (χ1n) is 8.15. The van der Waals surface area contributed by atoms with Gasteiger partial charge in [-0.2, -0.15) is 9.97 Å². The molecule has 0 atom stereocenters. The monoisotopic (exact) mass is 401 g/mol. The number of hydrogen-bond donors (Lipinski definition) is 0. The van der Waals surface area contributed by atoms with Gasteiger partial charge >= 0.3 is 17.4 Å². The summed E-state index contributed by atoms with van der Waals surface area (Å²) >= 11 is 6.15. The van der Waals surface area contributed by atoms with E-state index in [-0.39, 0.29) is 11.8 Å². The molecule has 0 saturated carbocycles. The zero-order valence-corrected chi connectivity index (χ0v) is 16.1. The van der Waals surface area contributed by atoms with Crippen LogP contribution in [0.1, 0.15) is 11.1 Å². The van der Waals surface area contributed by atoms with E-state index in [4.69, 9.17) is 25.8 Å². The first-order valence-corrected chi connectivity index (χ1v) is 8.52. The number of halogens is 1. The molecule has 144 valence electrons. The molecule has 0 radical (unpaired) electrons. The largest absolute Gasteiger partial charge is 0.497 e. The summed E-state index contributed by atoms with van der Waals surface area (Å²) in [6.07, 6.45) is 1.14. The maximum absolute atomic E-state index is 11.6. The van der Waals surface area contributed by atoms with Crippen LogP contribution >= 0.6 is 11.6 Å². The molecule has 0 unspecified atom stereocenters. The molecular formula is C19H16ClN3O5. The minimum absolute atomic E-state index is 0.232. The quantitative estimate of drug-likeness (QED) is 0.411. The number of methoxy groups -OCH3 is 1. The molecule has 0 aliphatic heterocycles. The molecule has 3 aromatic rings. The van der Waals surface area contributed by atoms with Crippen LogP contribution in [0, 0.1) is 24.0 Å². The molecule has 0 fully saturated rings. The summed E-state index contributed by atoms with van der Waals surface area (Å²) in [7, 11) is 1.54. The van der Waals surface area contributed by atoms with E-state index in [0.29, 0.717) is 22.3 Å². The van der Waals surface area contributed by atoms with Crippen molar-refractivity contribution in [2.24, 2.45) is 0 Å². The lowest BCUT2D eigenvalue weighted by Gasteiger charge is -2.11. The van der Waals surface area contributed by atoms with Gasteiger partial charge in [-0.3, -0.25) is 10.1 Å². The van der Waals surface area contributed by atoms with Crippen LogP contribution in [-0.4, -0.2) is 22.0 Å². The smallest absolute Gasteiger partial charge is 0.393 e. The third-order valence-corrected chi connectivity index (χ3v) is 4.43. The molecule has 28 heavy (non-hydrogen) atoms. The van der Waals surface area contributed by atoms with Crippen molar-refractivity contribution in [3.05, 3.63) is 69.0 Å². The molecule has 0 bridgehead atoms. The summed E-state index contributed by atoms with van der Waals surface area (Å²) in [4.78, 5) is 18.8. The molecule has 0 spiro atoms. The van der Waals surface area contributed by atoms with Crippen LogP contribution in [0.3, 0.4) is 0 Å². The van der Waals surface area contributed by atoms with Crippen molar-refractivity contribution in [2.45, 2.75) is 13.8 Å². The third kappa shape index (κ3) is 4.12. The molecule has 1 aromatic heterocycles. The number of ether oxygens (including phenoxy) is 3. The zero-order valence-electron chi connectivity index (χ0n) is 15.3. The lowest BCUT2D eigenvalue weighted by Crippen LogP contribution is -2.01. The Morgan fingerprint density at radius 3 is 1.93 bits per heavy atom. The lowest BCUT2D eigenvalue weighted by molar-refractivity contribution is -0.387. The predicted octanol–water partition coefficient (Wildman–Crippen LogP) is 5.25. The topological polar surface area (TPSA) is 96.6 Å². The summed E-state index contributed by atoms with van der Waals surface area (Å²) < 4.78 is 16.3. The Bertz CT molecular complexity index is 1000. The second-order valence-electron chi connectivity index (χ2n) is 5.84. The van der Waals surface area contributed by atoms with Crippen molar-refractivity contribution in [2.75, 3.05) is 7.11 Å². The van der Waals surface area contributed by atoms with Crippen LogP contribution in [0.5, 0.6) is 29.0 Å². The summed E-state index contributed by atoms with van der Waals surface area (Å²) in [6, 6.07) is 9.89. The molecule has 2 aromatic carbocycles. The van der Waals surface area contributed by atoms with Crippen LogP contribution < -0.4 is 14.2 Å². The van der Waals surface area contributed by atoms with Crippen LogP contribution in [-0.2, 0) is 0 Å². The number of hydrogen-bond acceptors (Lipinski definition) is 7. The van der Waals surface area contributed by atoms with E-state index in [1.807, 2.05) is 13.8 Å². The number of nitrogens with zero attached hydrogens (tertiary/aromatic N) is 3. The van der Waals surface area contributed by atoms with Gasteiger partial charge in [0.2, 0.25) is 0 Å². The Hall–Kier alpha value is -3.39. The summed E-state index contributed by atoms with van der Waals surface area (Å²) in [6.45, 7) is 3.63. The van der Waals surface area contributed by atoms with Crippen molar-refractivity contribution >= 4 is 17.3 Å². The molecule has 9 heteroatoms. The van der Waals surface area contributed by atoms with E-state index in [1.54, 1.807) is 36.4 Å². The first kappa shape index (κ1) is 19.4. The average molecular weight is 402 g/mol. The van der Waals surface area contributed by atoms with Gasteiger partial charge in [-0.25, -0.2) is 0 Å². The predicted molar refractivity (Wildman–Crippen MR) is 103 cm³/mol. The second kappa shape index (κ2) is 8.10. The van der Waals surface area contributed by atoms with Gasteiger partial charge in [0, 0.05) is 5.02 Å². The molecule has 0 N–H and O–H groups in total. The number of aromatic nitrogens is 2. The maximum Gasteiger partial charge on any atom is 0.393 e. The fraction of sp³-hybridized carbons (Fsp3) is 0.158. The number of rotatable bonds is 6. The number of aryl methyl sites for hydroxylation is 2. The lowest BCUT2D eigenvalue weighted by atomic mass is 10.1. The van der Waals surface area contributed by atoms with Crippen LogP contribution in [0.2, 0.25) is 5.02 Å². The molecule has 0 amide bonds. The Balaban J connectivity index is 1.96. The Morgan fingerprint density at radius 1 is 0.929 bits per heavy atom. The van der Waals surface area contributed by atoms with Crippen molar-refractivity contribution in [3.63, 3.8) is 0 Å². The molecule has 0 aliphatic carbocycles. The van der Waals surface area contributed by atoms with E-state index in [9.17, 15) is 10.1 Å². The van der Waals surface area contributed by atoms with Gasteiger partial charge in [-0.15, -0.1) is 0 Å². The first-order chi connectivity index (χ1) is 13.4. The van der Waals surface area contributed by atoms with Crippen molar-refractivity contribution in [1.82, 2.24) is 9.97 Å². The van der Waals surface area contributed by atoms with E-state index >= 15 is 0 Å².